The maximum absolute atomic E-state index is 15.0. The second-order valence-corrected chi connectivity index (χ2v) is 23.4. The molecule has 0 aromatic carbocycles. The van der Waals surface area contributed by atoms with E-state index in [1.165, 1.54) is 12.5 Å². The van der Waals surface area contributed by atoms with Crippen LogP contribution in [-0.4, -0.2) is 191 Å². The molecule has 7 fully saturated rings. The second kappa shape index (κ2) is 18.2. The molecule has 12 N–H and O–H groups in total. The zero-order valence-electron chi connectivity index (χ0n) is 39.9. The Morgan fingerprint density at radius 2 is 1.28 bits per heavy atom. The zero-order chi connectivity index (χ0) is 49.1. The van der Waals surface area contributed by atoms with E-state index in [0.717, 1.165) is 37.7 Å². The van der Waals surface area contributed by atoms with Gasteiger partial charge in [-0.05, 0) is 105 Å². The van der Waals surface area contributed by atoms with E-state index in [9.17, 15) is 66.1 Å². The molecule has 19 heteroatoms. The van der Waals surface area contributed by atoms with Gasteiger partial charge in [0, 0.05) is 5.41 Å². The molecule has 67 heavy (non-hydrogen) atoms. The summed E-state index contributed by atoms with van der Waals surface area (Å²) in [7, 11) is 0. The summed E-state index contributed by atoms with van der Waals surface area (Å²) in [5.74, 6) is -0.440. The number of hydrogen-bond donors (Lipinski definition) is 12. The molecule has 4 saturated carbocycles. The topological polar surface area (TPSA) is 315 Å². The number of allylic oxidation sites excluding steroid dienone is 1. The number of esters is 1. The molecule has 3 aliphatic heterocycles. The summed E-state index contributed by atoms with van der Waals surface area (Å²) in [5, 5.41) is 130. The molecule has 0 radical (unpaired) electrons. The Hall–Kier alpha value is -1.47. The van der Waals surface area contributed by atoms with Gasteiger partial charge in [-0.15, -0.1) is 0 Å². The third-order valence-corrected chi connectivity index (χ3v) is 19.3. The minimum atomic E-state index is -1.86. The fourth-order valence-corrected chi connectivity index (χ4v) is 14.9. The van der Waals surface area contributed by atoms with Crippen molar-refractivity contribution in [3.8, 4) is 0 Å². The smallest absolute Gasteiger partial charge is 0.318 e. The molecule has 24 unspecified atom stereocenters. The highest BCUT2D eigenvalue weighted by Gasteiger charge is 2.70. The van der Waals surface area contributed by atoms with Gasteiger partial charge in [0.2, 0.25) is 6.29 Å². The van der Waals surface area contributed by atoms with Crippen molar-refractivity contribution in [1.29, 1.82) is 0 Å². The Morgan fingerprint density at radius 3 is 1.96 bits per heavy atom. The number of carbonyl (C=O) groups is 1. The summed E-state index contributed by atoms with van der Waals surface area (Å²) in [6, 6.07) is 0. The van der Waals surface area contributed by atoms with Gasteiger partial charge in [-0.25, -0.2) is 0 Å². The molecule has 8 aliphatic rings. The van der Waals surface area contributed by atoms with E-state index in [2.05, 4.69) is 34.6 Å². The van der Waals surface area contributed by atoms with Crippen LogP contribution in [0.5, 0.6) is 0 Å². The highest BCUT2D eigenvalue weighted by atomic mass is 16.8. The number of aliphatic hydroxyl groups excluding tert-OH is 12. The van der Waals surface area contributed by atoms with Crippen LogP contribution < -0.4 is 0 Å². The molecule has 24 atom stereocenters. The fourth-order valence-electron chi connectivity index (χ4n) is 14.9. The third-order valence-electron chi connectivity index (χ3n) is 19.3. The zero-order valence-corrected chi connectivity index (χ0v) is 39.9. The van der Waals surface area contributed by atoms with Crippen molar-refractivity contribution in [3.05, 3.63) is 11.1 Å². The highest BCUT2D eigenvalue weighted by molar-refractivity contribution is 5.82. The van der Waals surface area contributed by atoms with E-state index in [1.54, 1.807) is 0 Å². The minimum Gasteiger partial charge on any atom is -0.432 e. The first-order chi connectivity index (χ1) is 31.2. The van der Waals surface area contributed by atoms with Gasteiger partial charge >= 0.3 is 5.97 Å². The molecular formula is C48H78O19. The Kier molecular flexibility index (Phi) is 14.1. The van der Waals surface area contributed by atoms with Crippen LogP contribution in [-0.2, 0) is 33.2 Å². The number of aliphatic hydroxyl groups is 12. The predicted octanol–water partition coefficient (Wildman–Crippen LogP) is -0.745. The van der Waals surface area contributed by atoms with Gasteiger partial charge in [0.1, 0.15) is 67.1 Å². The van der Waals surface area contributed by atoms with Crippen LogP contribution in [0.1, 0.15) is 113 Å². The lowest BCUT2D eigenvalue weighted by molar-refractivity contribution is -0.361. The van der Waals surface area contributed by atoms with Gasteiger partial charge < -0.3 is 89.7 Å². The van der Waals surface area contributed by atoms with Crippen LogP contribution in [0.2, 0.25) is 0 Å². The summed E-state index contributed by atoms with van der Waals surface area (Å²) in [6.45, 7) is 13.0. The van der Waals surface area contributed by atoms with Crippen molar-refractivity contribution in [2.45, 2.75) is 217 Å². The van der Waals surface area contributed by atoms with Gasteiger partial charge in [-0.1, -0.05) is 52.7 Å². The lowest BCUT2D eigenvalue weighted by atomic mass is 9.33. The molecule has 5 aliphatic carbocycles. The van der Waals surface area contributed by atoms with Crippen molar-refractivity contribution < 1.29 is 94.5 Å². The molecule has 8 rings (SSSR count). The molecule has 0 amide bonds. The summed E-state index contributed by atoms with van der Waals surface area (Å²) in [6.07, 6.45) is -19.8. The Labute approximate surface area is 392 Å². The van der Waals surface area contributed by atoms with E-state index in [0.29, 0.717) is 32.1 Å². The number of fused-ring (bicyclic) bond motifs is 6. The average Bonchev–Trinajstić information content (AvgIpc) is 3.28. The van der Waals surface area contributed by atoms with Crippen LogP contribution in [0.4, 0.5) is 0 Å². The van der Waals surface area contributed by atoms with Crippen molar-refractivity contribution >= 4 is 5.97 Å². The molecule has 3 heterocycles. The summed E-state index contributed by atoms with van der Waals surface area (Å²) in [5.41, 5.74) is -0.690. The van der Waals surface area contributed by atoms with Crippen molar-refractivity contribution in [1.82, 2.24) is 0 Å². The number of carbonyl (C=O) groups excluding carboxylic acids is 1. The second-order valence-electron chi connectivity index (χ2n) is 23.4. The minimum absolute atomic E-state index is 0.00194. The SMILES string of the molecule is CC1OC(OC2C(CO)OC(OCC3OC(OC(=O)C45CCC(C)(C)CC4=C4CCC6C7(C)CC(O)C(O)C(C)(CO)C7CCC6(C)C4(C)CC5)C(O)C(O)C3O)C(O)C2O)C(O)C(O)C1O. The van der Waals surface area contributed by atoms with E-state index in [1.807, 2.05) is 6.92 Å². The first-order valence-corrected chi connectivity index (χ1v) is 24.4. The van der Waals surface area contributed by atoms with Crippen LogP contribution in [0.3, 0.4) is 0 Å². The van der Waals surface area contributed by atoms with Crippen LogP contribution in [0.15, 0.2) is 11.1 Å². The maximum Gasteiger partial charge on any atom is 0.318 e. The van der Waals surface area contributed by atoms with Crippen LogP contribution in [0, 0.1) is 44.3 Å². The molecular weight excluding hydrogens is 881 g/mol. The molecule has 384 valence electrons. The van der Waals surface area contributed by atoms with Gasteiger partial charge in [-0.3, -0.25) is 4.79 Å². The van der Waals surface area contributed by atoms with E-state index in [-0.39, 0.29) is 40.1 Å². The standard InChI is InChI=1S/C48H78O19/c1-21-29(52)31(54)34(57)40(63-21)66-37-25(18-49)64-39(36(59)33(37)56)62-19-26-30(53)32(55)35(58)41(65-26)67-42(61)48-14-12-43(2,3)16-23(48)22-8-9-28-44(4)17-24(51)38(60)45(5,20-50)27(44)10-11-47(28,7)46(22,6)13-15-48/h21,24-41,49-60H,8-20H2,1-7H3. The molecule has 3 saturated heterocycles. The Morgan fingerprint density at radius 1 is 0.657 bits per heavy atom. The first kappa shape index (κ1) is 51.9. The quantitative estimate of drug-likeness (QED) is 0.100. The van der Waals surface area contributed by atoms with Gasteiger partial charge in [0.05, 0.1) is 43.5 Å². The number of hydrogen-bond acceptors (Lipinski definition) is 19. The van der Waals surface area contributed by atoms with E-state index < -0.39 is 134 Å². The Balaban J connectivity index is 0.990. The third kappa shape index (κ3) is 8.10. The van der Waals surface area contributed by atoms with Crippen LogP contribution >= 0.6 is 0 Å². The highest BCUT2D eigenvalue weighted by Crippen LogP contribution is 2.75. The fraction of sp³-hybridized carbons (Fsp3) is 0.938. The van der Waals surface area contributed by atoms with Crippen LogP contribution in [0.25, 0.3) is 0 Å². The van der Waals surface area contributed by atoms with Gasteiger partial charge in [-0.2, -0.15) is 0 Å². The largest absolute Gasteiger partial charge is 0.432 e. The summed E-state index contributed by atoms with van der Waals surface area (Å²) >= 11 is 0. The monoisotopic (exact) mass is 959 g/mol. The van der Waals surface area contributed by atoms with Gasteiger partial charge in [0.25, 0.3) is 0 Å². The number of ether oxygens (including phenoxy) is 6. The normalized spacial score (nSPS) is 54.3. The summed E-state index contributed by atoms with van der Waals surface area (Å²) in [4.78, 5) is 15.0. The molecule has 0 spiro atoms. The lowest BCUT2D eigenvalue weighted by Crippen LogP contribution is -2.68. The van der Waals surface area contributed by atoms with Gasteiger partial charge in [0.15, 0.2) is 12.6 Å². The Bertz CT molecular complexity index is 1850. The predicted molar refractivity (Wildman–Crippen MR) is 232 cm³/mol. The first-order valence-electron chi connectivity index (χ1n) is 24.4. The average molecular weight is 959 g/mol. The summed E-state index contributed by atoms with van der Waals surface area (Å²) < 4.78 is 34.7. The molecule has 0 aromatic heterocycles. The molecule has 19 nitrogen and oxygen atoms in total. The number of rotatable bonds is 9. The lowest BCUT2D eigenvalue weighted by Gasteiger charge is -2.71. The van der Waals surface area contributed by atoms with Crippen molar-refractivity contribution in [2.75, 3.05) is 19.8 Å². The van der Waals surface area contributed by atoms with Crippen molar-refractivity contribution in [3.63, 3.8) is 0 Å². The van der Waals surface area contributed by atoms with E-state index in [4.69, 9.17) is 28.4 Å². The van der Waals surface area contributed by atoms with E-state index >= 15 is 0 Å². The molecule has 0 bridgehead atoms. The molecule has 0 aromatic rings. The van der Waals surface area contributed by atoms with Crippen molar-refractivity contribution in [2.24, 2.45) is 44.3 Å². The maximum atomic E-state index is 15.0.